The molecule has 3 rings (SSSR count). The molecule has 0 heterocycles. The van der Waals surface area contributed by atoms with Crippen molar-refractivity contribution in [1.29, 1.82) is 0 Å². The number of hydrogen-bond acceptors (Lipinski definition) is 3. The first-order valence-corrected chi connectivity index (χ1v) is 10.0. The quantitative estimate of drug-likeness (QED) is 0.571. The Kier molecular flexibility index (Phi) is 7.22. The summed E-state index contributed by atoms with van der Waals surface area (Å²) in [6.07, 6.45) is 0.896. The number of aryl methyl sites for hydroxylation is 1. The van der Waals surface area contributed by atoms with Crippen LogP contribution in [0.4, 0.5) is 5.69 Å². The zero-order chi connectivity index (χ0) is 21.3. The molecule has 0 radical (unpaired) electrons. The summed E-state index contributed by atoms with van der Waals surface area (Å²) < 4.78 is 5.59. The Hall–Kier alpha value is -3.60. The standard InChI is InChI=1S/C25H26N2O3/c1-3-19-10-9-13-21(16-19)30-17-24(28)27-23-15-8-7-14-22(23)25(29)26-18(2)20-11-5-4-6-12-20/h4-16,18H,3,17H2,1-2H3,(H,26,29)(H,27,28). The summed E-state index contributed by atoms with van der Waals surface area (Å²) in [5, 5.41) is 5.75. The fourth-order valence-electron chi connectivity index (χ4n) is 3.08. The molecule has 0 saturated carbocycles. The van der Waals surface area contributed by atoms with Crippen molar-refractivity contribution >= 4 is 17.5 Å². The highest BCUT2D eigenvalue weighted by atomic mass is 16.5. The van der Waals surface area contributed by atoms with Gasteiger partial charge in [-0.3, -0.25) is 9.59 Å². The van der Waals surface area contributed by atoms with Gasteiger partial charge in [-0.15, -0.1) is 0 Å². The second-order valence-electron chi connectivity index (χ2n) is 6.99. The minimum Gasteiger partial charge on any atom is -0.484 e. The van der Waals surface area contributed by atoms with Gasteiger partial charge in [0.25, 0.3) is 11.8 Å². The molecule has 3 aromatic carbocycles. The molecule has 1 atom stereocenters. The van der Waals surface area contributed by atoms with Gasteiger partial charge in [0.05, 0.1) is 17.3 Å². The average molecular weight is 402 g/mol. The first-order valence-electron chi connectivity index (χ1n) is 10.0. The van der Waals surface area contributed by atoms with Crippen LogP contribution in [0.1, 0.15) is 41.4 Å². The molecular weight excluding hydrogens is 376 g/mol. The zero-order valence-corrected chi connectivity index (χ0v) is 17.2. The molecule has 2 amide bonds. The fourth-order valence-corrected chi connectivity index (χ4v) is 3.08. The van der Waals surface area contributed by atoms with Crippen molar-refractivity contribution in [2.24, 2.45) is 0 Å². The lowest BCUT2D eigenvalue weighted by Crippen LogP contribution is -2.28. The van der Waals surface area contributed by atoms with Crippen molar-refractivity contribution in [2.75, 3.05) is 11.9 Å². The van der Waals surface area contributed by atoms with Crippen LogP contribution in [0.5, 0.6) is 5.75 Å². The van der Waals surface area contributed by atoms with Crippen LogP contribution in [0.3, 0.4) is 0 Å². The maximum atomic E-state index is 12.8. The first kappa shape index (κ1) is 21.1. The van der Waals surface area contributed by atoms with Gasteiger partial charge in [-0.2, -0.15) is 0 Å². The van der Waals surface area contributed by atoms with E-state index in [0.29, 0.717) is 17.0 Å². The van der Waals surface area contributed by atoms with E-state index in [-0.39, 0.29) is 24.5 Å². The van der Waals surface area contributed by atoms with E-state index in [9.17, 15) is 9.59 Å². The van der Waals surface area contributed by atoms with E-state index in [4.69, 9.17) is 4.74 Å². The first-order chi connectivity index (χ1) is 14.6. The molecule has 0 spiro atoms. The van der Waals surface area contributed by atoms with E-state index in [0.717, 1.165) is 17.5 Å². The van der Waals surface area contributed by atoms with Crippen molar-refractivity contribution in [3.8, 4) is 5.75 Å². The van der Waals surface area contributed by atoms with E-state index >= 15 is 0 Å². The normalized spacial score (nSPS) is 11.4. The molecule has 2 N–H and O–H groups in total. The summed E-state index contributed by atoms with van der Waals surface area (Å²) in [5.41, 5.74) is 3.00. The van der Waals surface area contributed by atoms with Crippen LogP contribution in [0, 0.1) is 0 Å². The average Bonchev–Trinajstić information content (AvgIpc) is 2.78. The number of amides is 2. The zero-order valence-electron chi connectivity index (χ0n) is 17.2. The number of nitrogens with one attached hydrogen (secondary N) is 2. The maximum absolute atomic E-state index is 12.8. The van der Waals surface area contributed by atoms with Crippen LogP contribution in [0.2, 0.25) is 0 Å². The lowest BCUT2D eigenvalue weighted by atomic mass is 10.1. The maximum Gasteiger partial charge on any atom is 0.262 e. The van der Waals surface area contributed by atoms with Crippen molar-refractivity contribution in [3.05, 3.63) is 95.6 Å². The van der Waals surface area contributed by atoms with Crippen molar-refractivity contribution in [2.45, 2.75) is 26.3 Å². The number of ether oxygens (including phenoxy) is 1. The monoisotopic (exact) mass is 402 g/mol. The molecule has 0 aliphatic rings. The smallest absolute Gasteiger partial charge is 0.262 e. The molecule has 0 aromatic heterocycles. The lowest BCUT2D eigenvalue weighted by molar-refractivity contribution is -0.118. The van der Waals surface area contributed by atoms with Gasteiger partial charge < -0.3 is 15.4 Å². The van der Waals surface area contributed by atoms with Crippen molar-refractivity contribution < 1.29 is 14.3 Å². The molecule has 0 aliphatic heterocycles. The second-order valence-corrected chi connectivity index (χ2v) is 6.99. The minimum absolute atomic E-state index is 0.135. The number of para-hydroxylation sites is 1. The van der Waals surface area contributed by atoms with Gasteiger partial charge in [0, 0.05) is 0 Å². The third-order valence-corrected chi connectivity index (χ3v) is 4.77. The van der Waals surface area contributed by atoms with Crippen LogP contribution in [-0.4, -0.2) is 18.4 Å². The predicted molar refractivity (Wildman–Crippen MR) is 119 cm³/mol. The molecular formula is C25H26N2O3. The Morgan fingerprint density at radius 3 is 2.43 bits per heavy atom. The van der Waals surface area contributed by atoms with Crippen molar-refractivity contribution in [3.63, 3.8) is 0 Å². The van der Waals surface area contributed by atoms with E-state index in [1.807, 2.05) is 61.5 Å². The number of benzene rings is 3. The Labute approximate surface area is 177 Å². The minimum atomic E-state index is -0.326. The third-order valence-electron chi connectivity index (χ3n) is 4.77. The number of anilines is 1. The highest BCUT2D eigenvalue weighted by Crippen LogP contribution is 2.18. The van der Waals surface area contributed by atoms with Crippen LogP contribution in [0.15, 0.2) is 78.9 Å². The molecule has 30 heavy (non-hydrogen) atoms. The molecule has 5 heteroatoms. The van der Waals surface area contributed by atoms with Gasteiger partial charge in [-0.25, -0.2) is 0 Å². The summed E-state index contributed by atoms with van der Waals surface area (Å²) in [5.74, 6) is 0.0688. The Morgan fingerprint density at radius 1 is 0.933 bits per heavy atom. The van der Waals surface area contributed by atoms with Crippen LogP contribution in [0.25, 0.3) is 0 Å². The number of carbonyl (C=O) groups is 2. The molecule has 5 nitrogen and oxygen atoms in total. The molecule has 3 aromatic rings. The Balaban J connectivity index is 1.62. The van der Waals surface area contributed by atoms with Gasteiger partial charge in [-0.05, 0) is 48.7 Å². The van der Waals surface area contributed by atoms with E-state index in [2.05, 4.69) is 17.6 Å². The predicted octanol–water partition coefficient (Wildman–Crippen LogP) is 4.76. The molecule has 0 saturated heterocycles. The van der Waals surface area contributed by atoms with Crippen LogP contribution < -0.4 is 15.4 Å². The Morgan fingerprint density at radius 2 is 1.67 bits per heavy atom. The number of carbonyl (C=O) groups excluding carboxylic acids is 2. The third kappa shape index (κ3) is 5.70. The molecule has 1 unspecified atom stereocenters. The summed E-state index contributed by atoms with van der Waals surface area (Å²) in [7, 11) is 0. The van der Waals surface area contributed by atoms with Gasteiger partial charge in [0.2, 0.25) is 0 Å². The summed E-state index contributed by atoms with van der Waals surface area (Å²) in [4.78, 5) is 25.2. The molecule has 0 bridgehead atoms. The summed E-state index contributed by atoms with van der Waals surface area (Å²) >= 11 is 0. The Bertz CT molecular complexity index is 1000. The van der Waals surface area contributed by atoms with Gasteiger partial charge in [0.1, 0.15) is 5.75 Å². The topological polar surface area (TPSA) is 67.4 Å². The summed E-state index contributed by atoms with van der Waals surface area (Å²) in [6, 6.07) is 24.2. The van der Waals surface area contributed by atoms with Gasteiger partial charge in [-0.1, -0.05) is 61.5 Å². The lowest BCUT2D eigenvalue weighted by Gasteiger charge is -2.16. The second kappa shape index (κ2) is 10.3. The SMILES string of the molecule is CCc1cccc(OCC(=O)Nc2ccccc2C(=O)NC(C)c2ccccc2)c1. The highest BCUT2D eigenvalue weighted by Gasteiger charge is 2.16. The highest BCUT2D eigenvalue weighted by molar-refractivity contribution is 6.04. The van der Waals surface area contributed by atoms with E-state index < -0.39 is 0 Å². The fraction of sp³-hybridized carbons (Fsp3) is 0.200. The summed E-state index contributed by atoms with van der Waals surface area (Å²) in [6.45, 7) is 3.85. The largest absolute Gasteiger partial charge is 0.484 e. The molecule has 0 fully saturated rings. The van der Waals surface area contributed by atoms with E-state index in [1.165, 1.54) is 0 Å². The van der Waals surface area contributed by atoms with Crippen LogP contribution in [-0.2, 0) is 11.2 Å². The van der Waals surface area contributed by atoms with E-state index in [1.54, 1.807) is 24.3 Å². The molecule has 154 valence electrons. The molecule has 0 aliphatic carbocycles. The van der Waals surface area contributed by atoms with Gasteiger partial charge >= 0.3 is 0 Å². The van der Waals surface area contributed by atoms with Crippen LogP contribution >= 0.6 is 0 Å². The van der Waals surface area contributed by atoms with Gasteiger partial charge in [0.15, 0.2) is 6.61 Å². The number of hydrogen-bond donors (Lipinski definition) is 2. The number of rotatable bonds is 8. The van der Waals surface area contributed by atoms with Crippen molar-refractivity contribution in [1.82, 2.24) is 5.32 Å².